The Morgan fingerprint density at radius 1 is 1.14 bits per heavy atom. The number of nitrogens with zero attached hydrogens (tertiary/aromatic N) is 1. The van der Waals surface area contributed by atoms with E-state index in [0.29, 0.717) is 22.0 Å². The summed E-state index contributed by atoms with van der Waals surface area (Å²) in [5.74, 6) is 0.421. The Kier molecular flexibility index (Phi) is 4.95. The predicted octanol–water partition coefficient (Wildman–Crippen LogP) is 3.50. The number of benzene rings is 2. The van der Waals surface area contributed by atoms with Gasteiger partial charge in [-0.15, -0.1) is 0 Å². The number of hydrogen-bond acceptors (Lipinski definition) is 3. The number of amides is 1. The summed E-state index contributed by atoms with van der Waals surface area (Å²) in [6.07, 6.45) is 0. The molecule has 0 aliphatic carbocycles. The number of halogens is 1. The topological polar surface area (TPSA) is 50.7 Å². The molecule has 0 aromatic heterocycles. The van der Waals surface area contributed by atoms with E-state index in [4.69, 9.17) is 16.3 Å². The number of carbonyl (C=O) groups is 1. The lowest BCUT2D eigenvalue weighted by molar-refractivity contribution is 0.0955. The first-order chi connectivity index (χ1) is 10.1. The van der Waals surface area contributed by atoms with E-state index in [1.807, 2.05) is 12.1 Å². The molecule has 0 saturated heterocycles. The number of hydrazone groups is 1. The van der Waals surface area contributed by atoms with Gasteiger partial charge in [0.1, 0.15) is 5.75 Å². The van der Waals surface area contributed by atoms with E-state index in [0.717, 1.165) is 5.56 Å². The van der Waals surface area contributed by atoms with Gasteiger partial charge >= 0.3 is 0 Å². The van der Waals surface area contributed by atoms with Crippen LogP contribution in [0.25, 0.3) is 0 Å². The monoisotopic (exact) mass is 302 g/mol. The fourth-order valence-corrected chi connectivity index (χ4v) is 1.91. The van der Waals surface area contributed by atoms with Crippen molar-refractivity contribution >= 4 is 23.2 Å². The molecule has 0 heterocycles. The molecule has 1 N–H and O–H groups in total. The third kappa shape index (κ3) is 4.07. The molecule has 0 radical (unpaired) electrons. The summed E-state index contributed by atoms with van der Waals surface area (Å²) >= 11 is 5.92. The van der Waals surface area contributed by atoms with Crippen LogP contribution in [0, 0.1) is 0 Å². The molecule has 0 bridgehead atoms. The standard InChI is InChI=1S/C16H15ClN2O2/c1-11(13-4-3-5-14(17)10-13)18-19-16(20)12-6-8-15(21-2)9-7-12/h3-10H,1-2H3,(H,19,20)/b18-11-. The van der Waals surface area contributed by atoms with Crippen molar-refractivity contribution < 1.29 is 9.53 Å². The minimum absolute atomic E-state index is 0.279. The number of ether oxygens (including phenoxy) is 1. The molecule has 2 rings (SSSR count). The average Bonchev–Trinajstić information content (AvgIpc) is 2.52. The quantitative estimate of drug-likeness (QED) is 0.694. The summed E-state index contributed by atoms with van der Waals surface area (Å²) < 4.78 is 5.04. The van der Waals surface area contributed by atoms with Gasteiger partial charge in [-0.1, -0.05) is 23.7 Å². The second-order valence-corrected chi connectivity index (χ2v) is 4.81. The summed E-state index contributed by atoms with van der Waals surface area (Å²) in [5, 5.41) is 4.71. The lowest BCUT2D eigenvalue weighted by Gasteiger charge is -2.04. The smallest absolute Gasteiger partial charge is 0.271 e. The van der Waals surface area contributed by atoms with Crippen LogP contribution in [0.3, 0.4) is 0 Å². The van der Waals surface area contributed by atoms with Crippen molar-refractivity contribution in [3.05, 3.63) is 64.7 Å². The highest BCUT2D eigenvalue weighted by Gasteiger charge is 2.05. The Labute approximate surface area is 128 Å². The van der Waals surface area contributed by atoms with Crippen molar-refractivity contribution in [3.8, 4) is 5.75 Å². The zero-order valence-corrected chi connectivity index (χ0v) is 12.5. The van der Waals surface area contributed by atoms with Gasteiger partial charge in [-0.2, -0.15) is 5.10 Å². The molecule has 108 valence electrons. The number of carbonyl (C=O) groups excluding carboxylic acids is 1. The van der Waals surface area contributed by atoms with Gasteiger partial charge in [0, 0.05) is 10.6 Å². The molecule has 0 fully saturated rings. The Bertz CT molecular complexity index is 666. The zero-order chi connectivity index (χ0) is 15.2. The number of nitrogens with one attached hydrogen (secondary N) is 1. The second kappa shape index (κ2) is 6.90. The Balaban J connectivity index is 2.06. The maximum Gasteiger partial charge on any atom is 0.271 e. The van der Waals surface area contributed by atoms with Crippen molar-refractivity contribution in [3.63, 3.8) is 0 Å². The van der Waals surface area contributed by atoms with E-state index in [1.54, 1.807) is 50.4 Å². The van der Waals surface area contributed by atoms with Crippen LogP contribution in [0.1, 0.15) is 22.8 Å². The van der Waals surface area contributed by atoms with Crippen LogP contribution < -0.4 is 10.2 Å². The van der Waals surface area contributed by atoms with Crippen molar-refractivity contribution in [2.24, 2.45) is 5.10 Å². The van der Waals surface area contributed by atoms with Crippen LogP contribution in [0.2, 0.25) is 5.02 Å². The first-order valence-electron chi connectivity index (χ1n) is 6.35. The summed E-state index contributed by atoms with van der Waals surface area (Å²) in [5.41, 5.74) is 4.57. The molecule has 0 spiro atoms. The van der Waals surface area contributed by atoms with Crippen LogP contribution in [0.4, 0.5) is 0 Å². The molecule has 2 aromatic carbocycles. The van der Waals surface area contributed by atoms with Gasteiger partial charge in [0.25, 0.3) is 5.91 Å². The van der Waals surface area contributed by atoms with E-state index < -0.39 is 0 Å². The highest BCUT2D eigenvalue weighted by atomic mass is 35.5. The van der Waals surface area contributed by atoms with E-state index in [1.165, 1.54) is 0 Å². The lowest BCUT2D eigenvalue weighted by Crippen LogP contribution is -2.19. The molecule has 5 heteroatoms. The van der Waals surface area contributed by atoms with Gasteiger partial charge in [-0.3, -0.25) is 4.79 Å². The van der Waals surface area contributed by atoms with Crippen LogP contribution in [0.15, 0.2) is 53.6 Å². The first-order valence-corrected chi connectivity index (χ1v) is 6.72. The van der Waals surface area contributed by atoms with E-state index in [2.05, 4.69) is 10.5 Å². The van der Waals surface area contributed by atoms with Crippen LogP contribution in [0.5, 0.6) is 5.75 Å². The van der Waals surface area contributed by atoms with Crippen molar-refractivity contribution in [2.45, 2.75) is 6.92 Å². The van der Waals surface area contributed by atoms with E-state index >= 15 is 0 Å². The number of methoxy groups -OCH3 is 1. The lowest BCUT2D eigenvalue weighted by atomic mass is 10.1. The third-order valence-corrected chi connectivity index (χ3v) is 3.15. The van der Waals surface area contributed by atoms with Gasteiger partial charge in [0.2, 0.25) is 0 Å². The van der Waals surface area contributed by atoms with Crippen LogP contribution in [-0.2, 0) is 0 Å². The minimum atomic E-state index is -0.279. The van der Waals surface area contributed by atoms with Gasteiger partial charge < -0.3 is 4.74 Å². The van der Waals surface area contributed by atoms with Crippen LogP contribution in [-0.4, -0.2) is 18.7 Å². The number of rotatable bonds is 4. The van der Waals surface area contributed by atoms with E-state index in [9.17, 15) is 4.79 Å². The third-order valence-electron chi connectivity index (χ3n) is 2.92. The molecule has 2 aromatic rings. The molecular formula is C16H15ClN2O2. The maximum atomic E-state index is 12.0. The molecule has 1 amide bonds. The Morgan fingerprint density at radius 2 is 1.86 bits per heavy atom. The highest BCUT2D eigenvalue weighted by molar-refractivity contribution is 6.31. The molecule has 4 nitrogen and oxygen atoms in total. The maximum absolute atomic E-state index is 12.0. The minimum Gasteiger partial charge on any atom is -0.497 e. The van der Waals surface area contributed by atoms with E-state index in [-0.39, 0.29) is 5.91 Å². The summed E-state index contributed by atoms with van der Waals surface area (Å²) in [6.45, 7) is 1.81. The Morgan fingerprint density at radius 3 is 2.48 bits per heavy atom. The second-order valence-electron chi connectivity index (χ2n) is 4.38. The fourth-order valence-electron chi connectivity index (χ4n) is 1.72. The molecule has 0 aliphatic rings. The molecular weight excluding hydrogens is 288 g/mol. The molecule has 21 heavy (non-hydrogen) atoms. The predicted molar refractivity (Wildman–Crippen MR) is 84.1 cm³/mol. The van der Waals surface area contributed by atoms with Gasteiger partial charge in [0.15, 0.2) is 0 Å². The SMILES string of the molecule is COc1ccc(C(=O)N/N=C(/C)c2cccc(Cl)c2)cc1. The van der Waals surface area contributed by atoms with Gasteiger partial charge in [-0.25, -0.2) is 5.43 Å². The first kappa shape index (κ1) is 15.1. The largest absolute Gasteiger partial charge is 0.497 e. The zero-order valence-electron chi connectivity index (χ0n) is 11.8. The molecule has 0 aliphatic heterocycles. The van der Waals surface area contributed by atoms with Gasteiger partial charge in [0.05, 0.1) is 12.8 Å². The normalized spacial score (nSPS) is 11.1. The van der Waals surface area contributed by atoms with Crippen molar-refractivity contribution in [1.82, 2.24) is 5.43 Å². The van der Waals surface area contributed by atoms with Gasteiger partial charge in [-0.05, 0) is 48.9 Å². The molecule has 0 saturated carbocycles. The Hall–Kier alpha value is -2.33. The summed E-state index contributed by atoms with van der Waals surface area (Å²) in [7, 11) is 1.58. The molecule has 0 unspecified atom stereocenters. The summed E-state index contributed by atoms with van der Waals surface area (Å²) in [6, 6.07) is 14.1. The number of hydrogen-bond donors (Lipinski definition) is 1. The fraction of sp³-hybridized carbons (Fsp3) is 0.125. The van der Waals surface area contributed by atoms with Crippen LogP contribution >= 0.6 is 11.6 Å². The van der Waals surface area contributed by atoms with Crippen molar-refractivity contribution in [2.75, 3.05) is 7.11 Å². The summed E-state index contributed by atoms with van der Waals surface area (Å²) in [4.78, 5) is 12.0. The molecule has 0 atom stereocenters. The highest BCUT2D eigenvalue weighted by Crippen LogP contribution is 2.12. The average molecular weight is 303 g/mol. The van der Waals surface area contributed by atoms with Crippen molar-refractivity contribution in [1.29, 1.82) is 0 Å².